The van der Waals surface area contributed by atoms with Crippen LogP contribution < -0.4 is 0 Å². The van der Waals surface area contributed by atoms with Crippen molar-refractivity contribution in [2.24, 2.45) is 0 Å². The molecule has 96 valence electrons. The van der Waals surface area contributed by atoms with E-state index < -0.39 is 11.7 Å². The van der Waals surface area contributed by atoms with Gasteiger partial charge in [0.1, 0.15) is 5.82 Å². The molecule has 0 spiro atoms. The van der Waals surface area contributed by atoms with E-state index in [0.29, 0.717) is 17.1 Å². The van der Waals surface area contributed by atoms with Crippen molar-refractivity contribution < 1.29 is 13.2 Å². The van der Waals surface area contributed by atoms with Gasteiger partial charge in [0, 0.05) is 0 Å². The molecule has 7 heteroatoms. The molecule has 2 aromatic rings. The van der Waals surface area contributed by atoms with Gasteiger partial charge in [-0.25, -0.2) is 0 Å². The van der Waals surface area contributed by atoms with Crippen LogP contribution in [0, 0.1) is 13.8 Å². The third-order valence-corrected chi connectivity index (χ3v) is 2.81. The maximum absolute atomic E-state index is 12.7. The van der Waals surface area contributed by atoms with Gasteiger partial charge in [0.2, 0.25) is 5.28 Å². The number of rotatable bonds is 1. The van der Waals surface area contributed by atoms with Gasteiger partial charge in [-0.3, -0.25) is 4.57 Å². The minimum atomic E-state index is -4.39. The fourth-order valence-electron chi connectivity index (χ4n) is 1.64. The van der Waals surface area contributed by atoms with Crippen molar-refractivity contribution in [2.75, 3.05) is 0 Å². The summed E-state index contributed by atoms with van der Waals surface area (Å²) >= 11 is 5.83. The summed E-state index contributed by atoms with van der Waals surface area (Å²) in [6.45, 7) is 3.32. The van der Waals surface area contributed by atoms with Crippen LogP contribution in [-0.2, 0) is 6.18 Å². The van der Waals surface area contributed by atoms with Crippen molar-refractivity contribution in [3.05, 3.63) is 40.4 Å². The molecule has 1 heterocycles. The van der Waals surface area contributed by atoms with Gasteiger partial charge in [-0.15, -0.1) is 10.2 Å². The molecular formula is C11H9ClF3N3. The highest BCUT2D eigenvalue weighted by Gasteiger charge is 2.31. The fraction of sp³-hybridized carbons (Fsp3) is 0.273. The standard InChI is InChI=1S/C11H9ClF3N3/c1-6-3-4-8(11(13,14)15)5-9(6)18-7(2)16-17-10(18)12/h3-5H,1-2H3. The number of hydrogen-bond acceptors (Lipinski definition) is 2. The quantitative estimate of drug-likeness (QED) is 0.797. The molecule has 0 N–H and O–H groups in total. The van der Waals surface area contributed by atoms with E-state index in [-0.39, 0.29) is 5.28 Å². The van der Waals surface area contributed by atoms with Crippen molar-refractivity contribution in [2.45, 2.75) is 20.0 Å². The maximum Gasteiger partial charge on any atom is 0.416 e. The van der Waals surface area contributed by atoms with E-state index >= 15 is 0 Å². The summed E-state index contributed by atoms with van der Waals surface area (Å²) in [5, 5.41) is 7.38. The summed E-state index contributed by atoms with van der Waals surface area (Å²) in [6, 6.07) is 3.47. The predicted octanol–water partition coefficient (Wildman–Crippen LogP) is 3.56. The maximum atomic E-state index is 12.7. The molecule has 1 aromatic carbocycles. The molecule has 0 aliphatic heterocycles. The Bertz CT molecular complexity index is 570. The zero-order valence-corrected chi connectivity index (χ0v) is 10.3. The highest BCUT2D eigenvalue weighted by molar-refractivity contribution is 6.28. The second kappa shape index (κ2) is 4.28. The van der Waals surface area contributed by atoms with Gasteiger partial charge in [-0.05, 0) is 43.1 Å². The van der Waals surface area contributed by atoms with Crippen molar-refractivity contribution in [1.29, 1.82) is 0 Å². The second-order valence-corrected chi connectivity index (χ2v) is 4.19. The molecular weight excluding hydrogens is 267 g/mol. The first-order chi connectivity index (χ1) is 8.30. The molecule has 0 amide bonds. The average molecular weight is 276 g/mol. The fourth-order valence-corrected chi connectivity index (χ4v) is 1.89. The van der Waals surface area contributed by atoms with Crippen molar-refractivity contribution >= 4 is 11.6 Å². The minimum Gasteiger partial charge on any atom is -0.270 e. The molecule has 0 saturated carbocycles. The smallest absolute Gasteiger partial charge is 0.270 e. The van der Waals surface area contributed by atoms with Crippen LogP contribution >= 0.6 is 11.6 Å². The first-order valence-corrected chi connectivity index (χ1v) is 5.44. The number of halogens is 4. The Morgan fingerprint density at radius 1 is 1.17 bits per heavy atom. The molecule has 1 aromatic heterocycles. The van der Waals surface area contributed by atoms with E-state index in [4.69, 9.17) is 11.6 Å². The molecule has 0 aliphatic rings. The molecule has 0 radical (unpaired) electrons. The summed E-state index contributed by atoms with van der Waals surface area (Å²) < 4.78 is 39.4. The molecule has 2 rings (SSSR count). The van der Waals surface area contributed by atoms with E-state index in [2.05, 4.69) is 10.2 Å². The number of hydrogen-bond donors (Lipinski definition) is 0. The first-order valence-electron chi connectivity index (χ1n) is 5.06. The van der Waals surface area contributed by atoms with Gasteiger partial charge in [0.05, 0.1) is 11.3 Å². The third-order valence-electron chi connectivity index (χ3n) is 2.56. The Morgan fingerprint density at radius 2 is 1.83 bits per heavy atom. The molecule has 0 aliphatic carbocycles. The summed E-state index contributed by atoms with van der Waals surface area (Å²) in [6.07, 6.45) is -4.39. The summed E-state index contributed by atoms with van der Waals surface area (Å²) in [4.78, 5) is 0. The van der Waals surface area contributed by atoms with E-state index in [1.807, 2.05) is 0 Å². The Hall–Kier alpha value is -1.56. The SMILES string of the molecule is Cc1ccc(C(F)(F)F)cc1-n1c(C)nnc1Cl. The lowest BCUT2D eigenvalue weighted by molar-refractivity contribution is -0.137. The zero-order valence-electron chi connectivity index (χ0n) is 9.59. The number of aryl methyl sites for hydroxylation is 2. The number of nitrogens with zero attached hydrogens (tertiary/aromatic N) is 3. The lowest BCUT2D eigenvalue weighted by Crippen LogP contribution is -2.08. The molecule has 0 bridgehead atoms. The van der Waals surface area contributed by atoms with Crippen LogP contribution in [0.25, 0.3) is 5.69 Å². The molecule has 18 heavy (non-hydrogen) atoms. The van der Waals surface area contributed by atoms with Gasteiger partial charge < -0.3 is 0 Å². The van der Waals surface area contributed by atoms with Crippen LogP contribution in [0.4, 0.5) is 13.2 Å². The van der Waals surface area contributed by atoms with E-state index in [0.717, 1.165) is 12.1 Å². The van der Waals surface area contributed by atoms with Crippen LogP contribution in [0.3, 0.4) is 0 Å². The Kier molecular flexibility index (Phi) is 3.06. The zero-order chi connectivity index (χ0) is 13.5. The van der Waals surface area contributed by atoms with Gasteiger partial charge in [-0.2, -0.15) is 13.2 Å². The van der Waals surface area contributed by atoms with Crippen molar-refractivity contribution in [1.82, 2.24) is 14.8 Å². The summed E-state index contributed by atoms with van der Waals surface area (Å²) in [5.41, 5.74) is 0.261. The monoisotopic (exact) mass is 275 g/mol. The Labute approximate surface area is 106 Å². The van der Waals surface area contributed by atoms with Crippen molar-refractivity contribution in [3.8, 4) is 5.69 Å². The predicted molar refractivity (Wildman–Crippen MR) is 60.8 cm³/mol. The van der Waals surface area contributed by atoms with Crippen LogP contribution in [0.15, 0.2) is 18.2 Å². The summed E-state index contributed by atoms with van der Waals surface area (Å²) in [5.74, 6) is 0.433. The van der Waals surface area contributed by atoms with Crippen LogP contribution in [0.2, 0.25) is 5.28 Å². The van der Waals surface area contributed by atoms with Crippen LogP contribution in [-0.4, -0.2) is 14.8 Å². The molecule has 0 unspecified atom stereocenters. The van der Waals surface area contributed by atoms with Gasteiger partial charge in [0.25, 0.3) is 0 Å². The summed E-state index contributed by atoms with van der Waals surface area (Å²) in [7, 11) is 0. The van der Waals surface area contributed by atoms with Crippen molar-refractivity contribution in [3.63, 3.8) is 0 Å². The number of benzene rings is 1. The Morgan fingerprint density at radius 3 is 2.33 bits per heavy atom. The van der Waals surface area contributed by atoms with E-state index in [1.165, 1.54) is 10.6 Å². The third kappa shape index (κ3) is 2.20. The van der Waals surface area contributed by atoms with E-state index in [9.17, 15) is 13.2 Å². The first kappa shape index (κ1) is 12.9. The Balaban J connectivity index is 2.65. The lowest BCUT2D eigenvalue weighted by Gasteiger charge is -2.13. The number of aromatic nitrogens is 3. The largest absolute Gasteiger partial charge is 0.416 e. The lowest BCUT2D eigenvalue weighted by atomic mass is 10.1. The van der Waals surface area contributed by atoms with Crippen LogP contribution in [0.5, 0.6) is 0 Å². The molecule has 0 fully saturated rings. The van der Waals surface area contributed by atoms with Gasteiger partial charge >= 0.3 is 6.18 Å². The van der Waals surface area contributed by atoms with E-state index in [1.54, 1.807) is 13.8 Å². The second-order valence-electron chi connectivity index (χ2n) is 3.85. The molecule has 3 nitrogen and oxygen atoms in total. The topological polar surface area (TPSA) is 30.7 Å². The average Bonchev–Trinajstić information content (AvgIpc) is 2.58. The minimum absolute atomic E-state index is 0.0370. The highest BCUT2D eigenvalue weighted by atomic mass is 35.5. The van der Waals surface area contributed by atoms with Crippen LogP contribution in [0.1, 0.15) is 17.0 Å². The normalized spacial score (nSPS) is 11.9. The molecule has 0 saturated heterocycles. The van der Waals surface area contributed by atoms with Gasteiger partial charge in [-0.1, -0.05) is 6.07 Å². The highest BCUT2D eigenvalue weighted by Crippen LogP contribution is 2.32. The molecule has 0 atom stereocenters. The number of alkyl halides is 3. The van der Waals surface area contributed by atoms with Gasteiger partial charge in [0.15, 0.2) is 0 Å².